The first kappa shape index (κ1) is 17.3. The summed E-state index contributed by atoms with van der Waals surface area (Å²) in [5.41, 5.74) is 6.35. The van der Waals surface area contributed by atoms with E-state index in [0.717, 1.165) is 0 Å². The molecule has 0 fully saturated rings. The number of benzene rings is 1. The number of nitrogen functional groups attached to an aromatic ring is 1. The van der Waals surface area contributed by atoms with Gasteiger partial charge in [0.1, 0.15) is 6.54 Å². The minimum atomic E-state index is -0.478. The molecule has 1 aromatic carbocycles. The number of nitrogens with zero attached hydrogens (tertiary/aromatic N) is 1. The summed E-state index contributed by atoms with van der Waals surface area (Å²) in [6.45, 7) is 2.37. The van der Waals surface area contributed by atoms with Gasteiger partial charge in [-0.05, 0) is 25.1 Å². The van der Waals surface area contributed by atoms with Crippen LogP contribution in [0.3, 0.4) is 0 Å². The lowest BCUT2D eigenvalue weighted by atomic mass is 10.1. The van der Waals surface area contributed by atoms with Gasteiger partial charge < -0.3 is 20.1 Å². The Hall–Kier alpha value is -1.79. The SMILES string of the molecule is CCOC(=O)CN(CCOC)C(=O)c1ccc(N)cc1Cl. The highest BCUT2D eigenvalue weighted by atomic mass is 35.5. The van der Waals surface area contributed by atoms with Gasteiger partial charge in [0.2, 0.25) is 0 Å². The molecule has 0 aliphatic rings. The summed E-state index contributed by atoms with van der Waals surface area (Å²) in [6, 6.07) is 4.61. The largest absolute Gasteiger partial charge is 0.465 e. The van der Waals surface area contributed by atoms with E-state index in [1.54, 1.807) is 13.0 Å². The summed E-state index contributed by atoms with van der Waals surface area (Å²) >= 11 is 6.03. The Morgan fingerprint density at radius 3 is 2.67 bits per heavy atom. The molecule has 0 saturated heterocycles. The smallest absolute Gasteiger partial charge is 0.325 e. The summed E-state index contributed by atoms with van der Waals surface area (Å²) in [6.07, 6.45) is 0. The van der Waals surface area contributed by atoms with Gasteiger partial charge in [0.25, 0.3) is 5.91 Å². The average molecular weight is 315 g/mol. The monoisotopic (exact) mass is 314 g/mol. The van der Waals surface area contributed by atoms with Gasteiger partial charge in [0, 0.05) is 19.3 Å². The molecule has 21 heavy (non-hydrogen) atoms. The molecule has 0 heterocycles. The van der Waals surface area contributed by atoms with E-state index in [1.807, 2.05) is 0 Å². The van der Waals surface area contributed by atoms with Crippen molar-refractivity contribution in [1.82, 2.24) is 4.90 Å². The van der Waals surface area contributed by atoms with Crippen LogP contribution in [0.2, 0.25) is 5.02 Å². The number of carbonyl (C=O) groups is 2. The predicted octanol–water partition coefficient (Wildman–Crippen LogP) is 1.57. The number of hydrogen-bond acceptors (Lipinski definition) is 5. The summed E-state index contributed by atoms with van der Waals surface area (Å²) in [7, 11) is 1.52. The van der Waals surface area contributed by atoms with Crippen molar-refractivity contribution < 1.29 is 19.1 Å². The molecular formula is C14H19ClN2O4. The van der Waals surface area contributed by atoms with Crippen LogP contribution in [0, 0.1) is 0 Å². The van der Waals surface area contributed by atoms with Gasteiger partial charge in [-0.3, -0.25) is 9.59 Å². The maximum Gasteiger partial charge on any atom is 0.325 e. The van der Waals surface area contributed by atoms with Gasteiger partial charge in [-0.2, -0.15) is 0 Å². The molecule has 0 aliphatic heterocycles. The number of ether oxygens (including phenoxy) is 2. The zero-order valence-electron chi connectivity index (χ0n) is 12.1. The van der Waals surface area contributed by atoms with E-state index < -0.39 is 5.97 Å². The fourth-order valence-electron chi connectivity index (χ4n) is 1.69. The van der Waals surface area contributed by atoms with Gasteiger partial charge in [-0.15, -0.1) is 0 Å². The molecule has 0 aliphatic carbocycles. The van der Waals surface area contributed by atoms with Crippen molar-refractivity contribution in [3.05, 3.63) is 28.8 Å². The lowest BCUT2D eigenvalue weighted by Gasteiger charge is -2.22. The van der Waals surface area contributed by atoms with Crippen LogP contribution in [0.25, 0.3) is 0 Å². The quantitative estimate of drug-likeness (QED) is 0.610. The third-order valence-corrected chi connectivity index (χ3v) is 3.01. The second-order valence-corrected chi connectivity index (χ2v) is 4.67. The molecule has 0 radical (unpaired) electrons. The topological polar surface area (TPSA) is 81.9 Å². The molecule has 116 valence electrons. The Morgan fingerprint density at radius 1 is 1.38 bits per heavy atom. The number of rotatable bonds is 7. The van der Waals surface area contributed by atoms with Crippen molar-refractivity contribution in [2.75, 3.05) is 39.1 Å². The lowest BCUT2D eigenvalue weighted by Crippen LogP contribution is -2.38. The normalized spacial score (nSPS) is 10.2. The lowest BCUT2D eigenvalue weighted by molar-refractivity contribution is -0.143. The van der Waals surface area contributed by atoms with Crippen molar-refractivity contribution in [1.29, 1.82) is 0 Å². The number of amides is 1. The first-order valence-corrected chi connectivity index (χ1v) is 6.86. The molecule has 0 aromatic heterocycles. The number of halogens is 1. The van der Waals surface area contributed by atoms with Gasteiger partial charge in [0.15, 0.2) is 0 Å². The average Bonchev–Trinajstić information content (AvgIpc) is 2.43. The maximum atomic E-state index is 12.5. The zero-order valence-corrected chi connectivity index (χ0v) is 12.9. The van der Waals surface area contributed by atoms with E-state index in [1.165, 1.54) is 24.1 Å². The summed E-state index contributed by atoms with van der Waals surface area (Å²) in [4.78, 5) is 25.4. The first-order chi connectivity index (χ1) is 9.99. The number of esters is 1. The van der Waals surface area contributed by atoms with Crippen LogP contribution in [0.1, 0.15) is 17.3 Å². The van der Waals surface area contributed by atoms with E-state index in [-0.39, 0.29) is 36.2 Å². The fraction of sp³-hybridized carbons (Fsp3) is 0.429. The molecule has 6 nitrogen and oxygen atoms in total. The van der Waals surface area contributed by atoms with E-state index >= 15 is 0 Å². The van der Waals surface area contributed by atoms with Gasteiger partial charge in [-0.1, -0.05) is 11.6 Å². The molecule has 1 aromatic rings. The highest BCUT2D eigenvalue weighted by Crippen LogP contribution is 2.20. The molecule has 0 unspecified atom stereocenters. The van der Waals surface area contributed by atoms with Crippen LogP contribution < -0.4 is 5.73 Å². The maximum absolute atomic E-state index is 12.5. The van der Waals surface area contributed by atoms with Gasteiger partial charge in [-0.25, -0.2) is 0 Å². The summed E-state index contributed by atoms with van der Waals surface area (Å²) in [5.74, 6) is -0.848. The Balaban J connectivity index is 2.90. The van der Waals surface area contributed by atoms with Crippen molar-refractivity contribution in [2.24, 2.45) is 0 Å². The van der Waals surface area contributed by atoms with Crippen molar-refractivity contribution >= 4 is 29.2 Å². The molecule has 2 N–H and O–H groups in total. The molecule has 1 rings (SSSR count). The molecule has 1 amide bonds. The van der Waals surface area contributed by atoms with Crippen LogP contribution in [0.15, 0.2) is 18.2 Å². The molecule has 0 bridgehead atoms. The standard InChI is InChI=1S/C14H19ClN2O4/c1-3-21-13(18)9-17(6-7-20-2)14(19)11-5-4-10(16)8-12(11)15/h4-5,8H,3,6-7,9,16H2,1-2H3. The third kappa shape index (κ3) is 5.24. The second kappa shape index (κ2) is 8.49. The van der Waals surface area contributed by atoms with Crippen LogP contribution in [0.5, 0.6) is 0 Å². The van der Waals surface area contributed by atoms with Crippen molar-refractivity contribution in [2.45, 2.75) is 6.92 Å². The molecule has 0 spiro atoms. The van der Waals surface area contributed by atoms with E-state index in [0.29, 0.717) is 12.3 Å². The van der Waals surface area contributed by atoms with E-state index in [4.69, 9.17) is 26.8 Å². The number of carbonyl (C=O) groups excluding carboxylic acids is 2. The van der Waals surface area contributed by atoms with Crippen LogP contribution in [-0.2, 0) is 14.3 Å². The Bertz CT molecular complexity index is 508. The molecule has 0 atom stereocenters. The Labute approximate surface area is 128 Å². The predicted molar refractivity (Wildman–Crippen MR) is 80.3 cm³/mol. The zero-order chi connectivity index (χ0) is 15.8. The molecular weight excluding hydrogens is 296 g/mol. The third-order valence-electron chi connectivity index (χ3n) is 2.70. The van der Waals surface area contributed by atoms with Crippen LogP contribution in [-0.4, -0.2) is 50.2 Å². The minimum absolute atomic E-state index is 0.156. The number of methoxy groups -OCH3 is 1. The summed E-state index contributed by atoms with van der Waals surface area (Å²) in [5, 5.41) is 0.242. The van der Waals surface area contributed by atoms with Gasteiger partial charge >= 0.3 is 5.97 Å². The molecule has 0 saturated carbocycles. The highest BCUT2D eigenvalue weighted by Gasteiger charge is 2.21. The van der Waals surface area contributed by atoms with E-state index in [2.05, 4.69) is 0 Å². The highest BCUT2D eigenvalue weighted by molar-refractivity contribution is 6.34. The first-order valence-electron chi connectivity index (χ1n) is 6.48. The Morgan fingerprint density at radius 2 is 2.10 bits per heavy atom. The number of hydrogen-bond donors (Lipinski definition) is 1. The fourth-order valence-corrected chi connectivity index (χ4v) is 1.96. The minimum Gasteiger partial charge on any atom is -0.465 e. The van der Waals surface area contributed by atoms with Crippen LogP contribution in [0.4, 0.5) is 5.69 Å². The van der Waals surface area contributed by atoms with Crippen molar-refractivity contribution in [3.63, 3.8) is 0 Å². The second-order valence-electron chi connectivity index (χ2n) is 4.26. The number of nitrogens with two attached hydrogens (primary N) is 1. The van der Waals surface area contributed by atoms with Crippen LogP contribution >= 0.6 is 11.6 Å². The number of anilines is 1. The van der Waals surface area contributed by atoms with Gasteiger partial charge in [0.05, 0.1) is 23.8 Å². The Kier molecular flexibility index (Phi) is 6.98. The summed E-state index contributed by atoms with van der Waals surface area (Å²) < 4.78 is 9.81. The van der Waals surface area contributed by atoms with E-state index in [9.17, 15) is 9.59 Å². The van der Waals surface area contributed by atoms with Crippen molar-refractivity contribution in [3.8, 4) is 0 Å². The molecule has 7 heteroatoms.